The van der Waals surface area contributed by atoms with E-state index in [0.717, 1.165) is 54.2 Å². The Hall–Kier alpha value is -3.09. The molecule has 3 heteroatoms. The smallest absolute Gasteiger partial charge is 0.231 e. The Morgan fingerprint density at radius 3 is 2.27 bits per heavy atom. The molecule has 1 heterocycles. The van der Waals surface area contributed by atoms with Gasteiger partial charge in [0.25, 0.3) is 0 Å². The highest BCUT2D eigenvalue weighted by atomic mass is 16.2. The Labute approximate surface area is 179 Å². The van der Waals surface area contributed by atoms with Gasteiger partial charge < -0.3 is 4.90 Å². The maximum atomic E-state index is 13.0. The third kappa shape index (κ3) is 5.09. The van der Waals surface area contributed by atoms with Crippen molar-refractivity contribution in [1.29, 1.82) is 0 Å². The predicted molar refractivity (Wildman–Crippen MR) is 128 cm³/mol. The van der Waals surface area contributed by atoms with Gasteiger partial charge in [0.1, 0.15) is 0 Å². The van der Waals surface area contributed by atoms with Crippen molar-refractivity contribution in [2.45, 2.75) is 32.6 Å². The van der Waals surface area contributed by atoms with E-state index in [1.54, 1.807) is 6.08 Å². The lowest BCUT2D eigenvalue weighted by atomic mass is 10.1. The number of aromatic nitrogens is 1. The normalized spacial score (nSPS) is 12.3. The molecule has 0 atom stereocenters. The number of para-hydroxylation sites is 2. The highest BCUT2D eigenvalue weighted by molar-refractivity contribution is 6.13. The van der Waals surface area contributed by atoms with Crippen molar-refractivity contribution in [3.8, 4) is 12.3 Å². The van der Waals surface area contributed by atoms with E-state index in [-0.39, 0.29) is 5.91 Å². The molecular weight excluding hydrogens is 368 g/mol. The van der Waals surface area contributed by atoms with Gasteiger partial charge in [-0.1, -0.05) is 54.8 Å². The molecule has 0 saturated heterocycles. The van der Waals surface area contributed by atoms with E-state index in [2.05, 4.69) is 36.1 Å². The molecule has 0 N–H and O–H groups in total. The zero-order valence-electron chi connectivity index (χ0n) is 18.0. The third-order valence-electron chi connectivity index (χ3n) is 5.48. The molecule has 3 nitrogen and oxygen atoms in total. The summed E-state index contributed by atoms with van der Waals surface area (Å²) >= 11 is 0. The summed E-state index contributed by atoms with van der Waals surface area (Å²) in [7, 11) is 2.12. The number of carbonyl (C=O) groups excluding carboxylic acids is 1. The second kappa shape index (κ2) is 10.6. The Morgan fingerprint density at radius 2 is 1.67 bits per heavy atom. The van der Waals surface area contributed by atoms with Gasteiger partial charge in [-0.25, -0.2) is 0 Å². The quantitative estimate of drug-likeness (QED) is 0.249. The van der Waals surface area contributed by atoms with Crippen molar-refractivity contribution in [1.82, 2.24) is 9.47 Å². The van der Waals surface area contributed by atoms with Crippen LogP contribution in [-0.4, -0.2) is 35.5 Å². The van der Waals surface area contributed by atoms with E-state index in [0.29, 0.717) is 6.42 Å². The summed E-state index contributed by atoms with van der Waals surface area (Å²) in [6, 6.07) is 16.3. The van der Waals surface area contributed by atoms with Gasteiger partial charge in [-0.15, -0.1) is 6.42 Å². The lowest BCUT2D eigenvalue weighted by Gasteiger charge is -2.17. The SMILES string of the molecule is C#C/C=C\C(=C/C)CN(C)CCCCCC(=O)n1c2ccccc2c2ccccc21. The second-order valence-electron chi connectivity index (χ2n) is 7.68. The molecule has 1 aromatic heterocycles. The van der Waals surface area contributed by atoms with E-state index in [4.69, 9.17) is 6.42 Å². The molecule has 30 heavy (non-hydrogen) atoms. The molecule has 0 saturated carbocycles. The molecule has 0 unspecified atom stereocenters. The minimum absolute atomic E-state index is 0.177. The number of allylic oxidation sites excluding steroid dienone is 2. The molecule has 0 amide bonds. The zero-order valence-corrected chi connectivity index (χ0v) is 18.0. The maximum absolute atomic E-state index is 13.0. The van der Waals surface area contributed by atoms with Crippen LogP contribution in [0.5, 0.6) is 0 Å². The summed E-state index contributed by atoms with van der Waals surface area (Å²) in [5.74, 6) is 2.71. The van der Waals surface area contributed by atoms with Gasteiger partial charge in [-0.05, 0) is 63.2 Å². The molecule has 0 radical (unpaired) electrons. The number of terminal acetylenes is 1. The monoisotopic (exact) mass is 398 g/mol. The first-order valence-electron chi connectivity index (χ1n) is 10.6. The fourth-order valence-corrected chi connectivity index (χ4v) is 3.92. The van der Waals surface area contributed by atoms with Gasteiger partial charge in [0.2, 0.25) is 5.91 Å². The number of unbranched alkanes of at least 4 members (excludes halogenated alkanes) is 2. The molecule has 0 aliphatic heterocycles. The molecule has 0 fully saturated rings. The van der Waals surface area contributed by atoms with Crippen LogP contribution in [0.15, 0.2) is 72.3 Å². The number of hydrogen-bond acceptors (Lipinski definition) is 2. The molecule has 2 aromatic carbocycles. The van der Waals surface area contributed by atoms with Crippen LogP contribution in [0, 0.1) is 12.3 Å². The minimum Gasteiger partial charge on any atom is -0.302 e. The lowest BCUT2D eigenvalue weighted by molar-refractivity contribution is 0.0909. The number of nitrogens with zero attached hydrogens (tertiary/aromatic N) is 2. The molecule has 3 rings (SSSR count). The maximum Gasteiger partial charge on any atom is 0.231 e. The van der Waals surface area contributed by atoms with Crippen molar-refractivity contribution in [3.63, 3.8) is 0 Å². The van der Waals surface area contributed by atoms with Crippen molar-refractivity contribution in [2.75, 3.05) is 20.1 Å². The summed E-state index contributed by atoms with van der Waals surface area (Å²) in [5, 5.41) is 2.28. The first-order chi connectivity index (χ1) is 14.7. The van der Waals surface area contributed by atoms with Gasteiger partial charge in [0.05, 0.1) is 11.0 Å². The predicted octanol–water partition coefficient (Wildman–Crippen LogP) is 6.06. The van der Waals surface area contributed by atoms with Gasteiger partial charge in [0.15, 0.2) is 0 Å². The molecule has 0 bridgehead atoms. The van der Waals surface area contributed by atoms with Gasteiger partial charge in [-0.2, -0.15) is 0 Å². The average Bonchev–Trinajstić information content (AvgIpc) is 3.11. The average molecular weight is 399 g/mol. The van der Waals surface area contributed by atoms with Crippen molar-refractivity contribution in [3.05, 3.63) is 72.3 Å². The molecule has 0 spiro atoms. The summed E-state index contributed by atoms with van der Waals surface area (Å²) in [4.78, 5) is 15.3. The summed E-state index contributed by atoms with van der Waals surface area (Å²) in [5.41, 5.74) is 3.22. The van der Waals surface area contributed by atoms with Crippen LogP contribution in [0.2, 0.25) is 0 Å². The van der Waals surface area contributed by atoms with Crippen molar-refractivity contribution in [2.24, 2.45) is 0 Å². The topological polar surface area (TPSA) is 25.2 Å². The Balaban J connectivity index is 1.53. The Kier molecular flexibility index (Phi) is 7.65. The van der Waals surface area contributed by atoms with Crippen LogP contribution < -0.4 is 0 Å². The van der Waals surface area contributed by atoms with E-state index in [9.17, 15) is 4.79 Å². The minimum atomic E-state index is 0.177. The highest BCUT2D eigenvalue weighted by Crippen LogP contribution is 2.29. The number of benzene rings is 2. The fraction of sp³-hybridized carbons (Fsp3) is 0.296. The number of likely N-dealkylation sites (N-methyl/N-ethyl adjacent to an activating group) is 1. The van der Waals surface area contributed by atoms with Crippen LogP contribution in [0.3, 0.4) is 0 Å². The van der Waals surface area contributed by atoms with Crippen LogP contribution in [0.1, 0.15) is 37.4 Å². The van der Waals surface area contributed by atoms with Crippen molar-refractivity contribution < 1.29 is 4.79 Å². The van der Waals surface area contributed by atoms with Crippen LogP contribution in [0.25, 0.3) is 21.8 Å². The fourth-order valence-electron chi connectivity index (χ4n) is 3.92. The molecular formula is C27H30N2O. The van der Waals surface area contributed by atoms with Crippen molar-refractivity contribution >= 4 is 27.7 Å². The van der Waals surface area contributed by atoms with E-state index in [1.807, 2.05) is 54.0 Å². The van der Waals surface area contributed by atoms with Crippen LogP contribution in [-0.2, 0) is 0 Å². The summed E-state index contributed by atoms with van der Waals surface area (Å²) in [6.45, 7) is 3.92. The van der Waals surface area contributed by atoms with E-state index in [1.165, 1.54) is 5.57 Å². The highest BCUT2D eigenvalue weighted by Gasteiger charge is 2.14. The van der Waals surface area contributed by atoms with Gasteiger partial charge in [0, 0.05) is 23.7 Å². The van der Waals surface area contributed by atoms with Crippen LogP contribution >= 0.6 is 0 Å². The summed E-state index contributed by atoms with van der Waals surface area (Å²) in [6.07, 6.45) is 14.7. The first-order valence-corrected chi connectivity index (χ1v) is 10.6. The second-order valence-corrected chi connectivity index (χ2v) is 7.68. The third-order valence-corrected chi connectivity index (χ3v) is 5.48. The van der Waals surface area contributed by atoms with Gasteiger partial charge >= 0.3 is 0 Å². The zero-order chi connectivity index (χ0) is 21.3. The number of fused-ring (bicyclic) bond motifs is 3. The first kappa shape index (κ1) is 21.6. The Morgan fingerprint density at radius 1 is 1.03 bits per heavy atom. The summed E-state index contributed by atoms with van der Waals surface area (Å²) < 4.78 is 1.90. The molecule has 0 aliphatic carbocycles. The molecule has 154 valence electrons. The number of hydrogen-bond donors (Lipinski definition) is 0. The van der Waals surface area contributed by atoms with E-state index < -0.39 is 0 Å². The lowest BCUT2D eigenvalue weighted by Crippen LogP contribution is -2.22. The Bertz CT molecular complexity index is 1060. The largest absolute Gasteiger partial charge is 0.302 e. The van der Waals surface area contributed by atoms with Gasteiger partial charge in [-0.3, -0.25) is 9.36 Å². The molecule has 0 aliphatic rings. The standard InChI is InChI=1S/C27H30N2O/c1-4-6-14-22(5-2)21-28(3)20-13-7-8-19-27(30)29-25-17-11-9-15-23(25)24-16-10-12-18-26(24)29/h1,5-6,9-12,14-18H,7-8,13,19-21H2,2-3H3/b14-6-,22-5+. The van der Waals surface area contributed by atoms with Crippen LogP contribution in [0.4, 0.5) is 0 Å². The van der Waals surface area contributed by atoms with E-state index >= 15 is 0 Å². The number of carbonyl (C=O) groups is 1. The molecule has 3 aromatic rings. The number of rotatable bonds is 9.